The van der Waals surface area contributed by atoms with E-state index in [1.165, 1.54) is 50.2 Å². The molecule has 4 unspecified atom stereocenters. The summed E-state index contributed by atoms with van der Waals surface area (Å²) >= 11 is 25.1. The van der Waals surface area contributed by atoms with E-state index in [0.717, 1.165) is 11.1 Å². The van der Waals surface area contributed by atoms with Crippen LogP contribution in [0.2, 0.25) is 10.0 Å². The van der Waals surface area contributed by atoms with Gasteiger partial charge in [-0.2, -0.15) is 20.5 Å². The maximum absolute atomic E-state index is 13.7. The molecule has 0 aliphatic carbocycles. The van der Waals surface area contributed by atoms with Gasteiger partial charge < -0.3 is 21.3 Å². The van der Waals surface area contributed by atoms with Crippen molar-refractivity contribution in [3.63, 3.8) is 0 Å². The molecule has 14 nitrogen and oxygen atoms in total. The molecule has 4 atom stereocenters. The summed E-state index contributed by atoms with van der Waals surface area (Å²) < 4.78 is 0. The molecule has 0 radical (unpaired) electrons. The van der Waals surface area contributed by atoms with Crippen LogP contribution in [0, 0.1) is 0 Å². The Labute approximate surface area is 402 Å². The summed E-state index contributed by atoms with van der Waals surface area (Å²) in [5.41, 5.74) is 5.08. The minimum atomic E-state index is -1.56. The zero-order chi connectivity index (χ0) is 48.2. The van der Waals surface area contributed by atoms with E-state index in [1.54, 1.807) is 48.5 Å². The summed E-state index contributed by atoms with van der Waals surface area (Å²) in [7, 11) is 0. The summed E-state index contributed by atoms with van der Waals surface area (Å²) in [5, 5.41) is 27.2. The molecule has 0 bridgehead atoms. The number of nitrogens with zero attached hydrogens (tertiary/aromatic N) is 4. The number of hydrogen-bond donors (Lipinski definition) is 4. The number of carbonyl (C=O) groups excluding carboxylic acids is 6. The van der Waals surface area contributed by atoms with Crippen LogP contribution < -0.4 is 21.3 Å². The van der Waals surface area contributed by atoms with Crippen LogP contribution >= 0.6 is 46.4 Å². The first-order valence-electron chi connectivity index (χ1n) is 20.7. The predicted molar refractivity (Wildman–Crippen MR) is 261 cm³/mol. The number of ketones is 2. The number of rotatable bonds is 18. The van der Waals surface area contributed by atoms with Crippen LogP contribution in [0.4, 0.5) is 34.1 Å². The number of anilines is 4. The van der Waals surface area contributed by atoms with Crippen molar-refractivity contribution in [3.05, 3.63) is 140 Å². The first-order chi connectivity index (χ1) is 31.4. The van der Waals surface area contributed by atoms with Crippen molar-refractivity contribution in [1.29, 1.82) is 0 Å². The molecular formula is C48H46Cl4N8O6. The maximum Gasteiger partial charge on any atom is 0.258 e. The van der Waals surface area contributed by atoms with Crippen molar-refractivity contribution in [2.45, 2.75) is 77.2 Å². The van der Waals surface area contributed by atoms with Gasteiger partial charge in [0, 0.05) is 22.7 Å². The lowest BCUT2D eigenvalue weighted by atomic mass is 10.0. The van der Waals surface area contributed by atoms with E-state index in [0.29, 0.717) is 46.7 Å². The Hall–Kier alpha value is -6.32. The molecule has 0 spiro atoms. The third-order valence-corrected chi connectivity index (χ3v) is 11.2. The van der Waals surface area contributed by atoms with Crippen LogP contribution in [-0.4, -0.2) is 47.3 Å². The molecule has 5 aromatic rings. The van der Waals surface area contributed by atoms with E-state index < -0.39 is 47.3 Å². The summed E-state index contributed by atoms with van der Waals surface area (Å²) in [6.07, 6.45) is 0.784. The van der Waals surface area contributed by atoms with Gasteiger partial charge in [-0.3, -0.25) is 28.8 Å². The SMILES string of the molecule is CCc1cc(NC(=O)C(N=Nc2ccc(Cl)c(C(=O)Nc3cccc(C(C)Cl)c3)c2)C(C)=O)cc(CC)c1NC(=O)C(N=Nc1ccc(Cl)c(C(=O)Nc2cccc(C(C)Cl)c2)c1)C(C)=O. The Morgan fingerprint density at radius 2 is 0.939 bits per heavy atom. The smallest absolute Gasteiger partial charge is 0.258 e. The summed E-state index contributed by atoms with van der Waals surface area (Å²) in [5.74, 6) is -3.77. The highest BCUT2D eigenvalue weighted by atomic mass is 35.5. The summed E-state index contributed by atoms with van der Waals surface area (Å²) in [6, 6.07) is 22.9. The van der Waals surface area contributed by atoms with Crippen LogP contribution in [0.3, 0.4) is 0 Å². The van der Waals surface area contributed by atoms with Gasteiger partial charge in [-0.15, -0.1) is 23.2 Å². The molecule has 0 aliphatic rings. The minimum absolute atomic E-state index is 0.0862. The summed E-state index contributed by atoms with van der Waals surface area (Å²) in [4.78, 5) is 79.1. The summed E-state index contributed by atoms with van der Waals surface area (Å²) in [6.45, 7) is 9.71. The number of benzene rings is 5. The number of amides is 4. The van der Waals surface area contributed by atoms with E-state index >= 15 is 0 Å². The normalized spacial score (nSPS) is 13.1. The van der Waals surface area contributed by atoms with Crippen molar-refractivity contribution < 1.29 is 28.8 Å². The van der Waals surface area contributed by atoms with Crippen molar-refractivity contribution in [3.8, 4) is 0 Å². The third kappa shape index (κ3) is 13.4. The van der Waals surface area contributed by atoms with E-state index in [4.69, 9.17) is 46.4 Å². The van der Waals surface area contributed by atoms with Gasteiger partial charge in [-0.1, -0.05) is 61.3 Å². The molecule has 5 rings (SSSR count). The van der Waals surface area contributed by atoms with Crippen LogP contribution in [0.5, 0.6) is 0 Å². The molecule has 0 aromatic heterocycles. The third-order valence-electron chi connectivity index (χ3n) is 10.0. The standard InChI is InChI=1S/C48H46Cl4N8O6/c1-7-29-19-37(55-47(65)42(27(5)61)59-57-35-15-17-40(51)38(23-35)45(63)53-33-13-9-11-31(21-33)25(3)49)20-30(8-2)44(29)56-48(66)43(28(6)62)60-58-36-16-18-41(52)39(24-36)46(64)54-34-14-10-12-32(22-34)26(4)50/h9-26,42-43H,7-8H2,1-6H3,(H,53,63)(H,54,64)(H,55,65)(H,56,66). The molecule has 4 amide bonds. The number of nitrogens with one attached hydrogen (secondary N) is 4. The fourth-order valence-corrected chi connectivity index (χ4v) is 7.15. The Balaban J connectivity index is 1.30. The van der Waals surface area contributed by atoms with E-state index in [-0.39, 0.29) is 43.3 Å². The fourth-order valence-electron chi connectivity index (χ4n) is 6.47. The highest BCUT2D eigenvalue weighted by molar-refractivity contribution is 6.35. The van der Waals surface area contributed by atoms with E-state index in [2.05, 4.69) is 41.7 Å². The number of halogens is 4. The lowest BCUT2D eigenvalue weighted by molar-refractivity contribution is -0.127. The first kappa shape index (κ1) is 50.7. The Morgan fingerprint density at radius 1 is 0.530 bits per heavy atom. The molecule has 5 aromatic carbocycles. The molecule has 66 heavy (non-hydrogen) atoms. The molecule has 4 N–H and O–H groups in total. The van der Waals surface area contributed by atoms with Crippen molar-refractivity contribution >= 4 is 116 Å². The number of Topliss-reactive ketones (excluding diaryl/α,β-unsaturated/α-hetero) is 2. The molecule has 0 saturated heterocycles. The second-order valence-corrected chi connectivity index (χ2v) is 17.2. The highest BCUT2D eigenvalue weighted by Crippen LogP contribution is 2.31. The van der Waals surface area contributed by atoms with Gasteiger partial charge in [-0.25, -0.2) is 0 Å². The van der Waals surface area contributed by atoms with Crippen LogP contribution in [0.25, 0.3) is 0 Å². The Morgan fingerprint density at radius 3 is 1.32 bits per heavy atom. The fraction of sp³-hybridized carbons (Fsp3) is 0.250. The Bertz CT molecular complexity index is 2720. The number of azo groups is 2. The zero-order valence-electron chi connectivity index (χ0n) is 36.7. The van der Waals surface area contributed by atoms with Crippen molar-refractivity contribution in [2.24, 2.45) is 20.5 Å². The van der Waals surface area contributed by atoms with Gasteiger partial charge in [0.25, 0.3) is 23.6 Å². The van der Waals surface area contributed by atoms with Gasteiger partial charge in [0.1, 0.15) is 0 Å². The topological polar surface area (TPSA) is 200 Å². The van der Waals surface area contributed by atoms with Crippen LogP contribution in [-0.2, 0) is 32.0 Å². The highest BCUT2D eigenvalue weighted by Gasteiger charge is 2.27. The largest absolute Gasteiger partial charge is 0.324 e. The van der Waals surface area contributed by atoms with Crippen molar-refractivity contribution in [2.75, 3.05) is 21.3 Å². The van der Waals surface area contributed by atoms with Gasteiger partial charge in [0.05, 0.1) is 43.3 Å². The monoisotopic (exact) mass is 970 g/mol. The molecular weight excluding hydrogens is 926 g/mol. The van der Waals surface area contributed by atoms with E-state index in [1.807, 2.05) is 39.8 Å². The first-order valence-corrected chi connectivity index (χ1v) is 22.3. The molecule has 18 heteroatoms. The molecule has 0 fully saturated rings. The number of carbonyl (C=O) groups is 6. The van der Waals surface area contributed by atoms with Crippen LogP contribution in [0.15, 0.2) is 118 Å². The lowest BCUT2D eigenvalue weighted by Crippen LogP contribution is -2.33. The maximum atomic E-state index is 13.7. The molecule has 342 valence electrons. The second-order valence-electron chi connectivity index (χ2n) is 15.0. The Kier molecular flexibility index (Phi) is 17.8. The lowest BCUT2D eigenvalue weighted by Gasteiger charge is -2.19. The second kappa shape index (κ2) is 23.2. The van der Waals surface area contributed by atoms with Gasteiger partial charge in [0.15, 0.2) is 11.6 Å². The number of alkyl halides is 2. The van der Waals surface area contributed by atoms with E-state index in [9.17, 15) is 28.8 Å². The zero-order valence-corrected chi connectivity index (χ0v) is 39.7. The van der Waals surface area contributed by atoms with Crippen molar-refractivity contribution in [1.82, 2.24) is 0 Å². The predicted octanol–water partition coefficient (Wildman–Crippen LogP) is 12.6. The molecule has 0 aliphatic heterocycles. The molecule has 0 heterocycles. The van der Waals surface area contributed by atoms with Gasteiger partial charge >= 0.3 is 0 Å². The molecule has 0 saturated carbocycles. The quantitative estimate of drug-likeness (QED) is 0.0382. The minimum Gasteiger partial charge on any atom is -0.324 e. The van der Waals surface area contributed by atoms with Gasteiger partial charge in [-0.05, 0) is 136 Å². The average Bonchev–Trinajstić information content (AvgIpc) is 3.27. The number of hydrogen-bond acceptors (Lipinski definition) is 10. The van der Waals surface area contributed by atoms with Gasteiger partial charge in [0.2, 0.25) is 12.1 Å². The van der Waals surface area contributed by atoms with Crippen LogP contribution in [0.1, 0.15) is 95.3 Å². The number of aryl methyl sites for hydroxylation is 2. The average molecular weight is 973 g/mol.